The van der Waals surface area contributed by atoms with Gasteiger partial charge in [0.1, 0.15) is 0 Å². The van der Waals surface area contributed by atoms with Gasteiger partial charge in [0.25, 0.3) is 0 Å². The lowest BCUT2D eigenvalue weighted by atomic mass is 9.77. The molecule has 0 unspecified atom stereocenters. The number of carbonyl (C=O) groups is 1. The lowest BCUT2D eigenvalue weighted by Crippen LogP contribution is -2.15. The molecule has 2 aromatic rings. The number of rotatable bonds is 4. The molecular formula is C20H22O. The summed E-state index contributed by atoms with van der Waals surface area (Å²) < 4.78 is 0. The Hall–Kier alpha value is -1.89. The molecular weight excluding hydrogens is 256 g/mol. The predicted molar refractivity (Wildman–Crippen MR) is 87.0 cm³/mol. The van der Waals surface area contributed by atoms with Crippen molar-refractivity contribution in [3.63, 3.8) is 0 Å². The molecule has 0 saturated heterocycles. The summed E-state index contributed by atoms with van der Waals surface area (Å²) in [6, 6.07) is 14.6. The van der Waals surface area contributed by atoms with Gasteiger partial charge in [-0.1, -0.05) is 60.0 Å². The van der Waals surface area contributed by atoms with Crippen LogP contribution in [0.1, 0.15) is 57.8 Å². The monoisotopic (exact) mass is 278 g/mol. The van der Waals surface area contributed by atoms with E-state index in [1.165, 1.54) is 36.0 Å². The molecule has 0 atom stereocenters. The highest BCUT2D eigenvalue weighted by Gasteiger charge is 2.24. The van der Waals surface area contributed by atoms with Crippen LogP contribution in [-0.2, 0) is 6.42 Å². The van der Waals surface area contributed by atoms with E-state index in [1.807, 2.05) is 12.1 Å². The molecule has 0 amide bonds. The predicted octanol–water partition coefficient (Wildman–Crippen LogP) is 5.00. The van der Waals surface area contributed by atoms with E-state index in [0.29, 0.717) is 12.3 Å². The third kappa shape index (κ3) is 3.07. The van der Waals surface area contributed by atoms with Crippen LogP contribution in [0.5, 0.6) is 0 Å². The smallest absolute Gasteiger partial charge is 0.167 e. The average Bonchev–Trinajstić information content (AvgIpc) is 2.36. The maximum Gasteiger partial charge on any atom is 0.167 e. The number of hydrogen-bond acceptors (Lipinski definition) is 1. The third-order valence-electron chi connectivity index (χ3n) is 4.45. The quantitative estimate of drug-likeness (QED) is 0.719. The number of hydrogen-bond donors (Lipinski definition) is 0. The lowest BCUT2D eigenvalue weighted by Gasteiger charge is -2.27. The Bertz CT molecular complexity index is 645. The zero-order valence-corrected chi connectivity index (χ0v) is 12.9. The second-order valence-electron chi connectivity index (χ2n) is 6.31. The van der Waals surface area contributed by atoms with Crippen molar-refractivity contribution in [3.05, 3.63) is 70.3 Å². The van der Waals surface area contributed by atoms with Crippen LogP contribution in [0.15, 0.2) is 42.5 Å². The molecule has 0 aromatic heterocycles. The summed E-state index contributed by atoms with van der Waals surface area (Å²) in [6.45, 7) is 4.17. The first-order valence-corrected chi connectivity index (χ1v) is 7.83. The standard InChI is InChI=1S/C20H22O/c1-14-10-15(2)12-16(11-14)13-20(21)19-9-4-3-8-18(19)17-6-5-7-17/h3-4,8-12,17H,5-7,13H2,1-2H3. The van der Waals surface area contributed by atoms with E-state index in [9.17, 15) is 4.79 Å². The Morgan fingerprint density at radius 2 is 1.71 bits per heavy atom. The van der Waals surface area contributed by atoms with Crippen molar-refractivity contribution in [1.82, 2.24) is 0 Å². The summed E-state index contributed by atoms with van der Waals surface area (Å²) >= 11 is 0. The molecule has 108 valence electrons. The van der Waals surface area contributed by atoms with E-state index in [4.69, 9.17) is 0 Å². The van der Waals surface area contributed by atoms with E-state index in [1.54, 1.807) is 0 Å². The average molecular weight is 278 g/mol. The van der Waals surface area contributed by atoms with Gasteiger partial charge >= 0.3 is 0 Å². The van der Waals surface area contributed by atoms with E-state index < -0.39 is 0 Å². The fraction of sp³-hybridized carbons (Fsp3) is 0.350. The van der Waals surface area contributed by atoms with Crippen LogP contribution in [0, 0.1) is 13.8 Å². The highest BCUT2D eigenvalue weighted by atomic mass is 16.1. The van der Waals surface area contributed by atoms with Gasteiger partial charge < -0.3 is 0 Å². The highest BCUT2D eigenvalue weighted by Crippen LogP contribution is 2.38. The molecule has 1 aliphatic rings. The summed E-state index contributed by atoms with van der Waals surface area (Å²) in [5, 5.41) is 0. The van der Waals surface area contributed by atoms with Crippen LogP contribution in [0.3, 0.4) is 0 Å². The number of carbonyl (C=O) groups excluding carboxylic acids is 1. The van der Waals surface area contributed by atoms with Crippen molar-refractivity contribution in [1.29, 1.82) is 0 Å². The molecule has 3 rings (SSSR count). The molecule has 21 heavy (non-hydrogen) atoms. The van der Waals surface area contributed by atoms with E-state index in [2.05, 4.69) is 44.2 Å². The molecule has 1 fully saturated rings. The fourth-order valence-electron chi connectivity index (χ4n) is 3.28. The molecule has 1 heteroatoms. The SMILES string of the molecule is Cc1cc(C)cc(CC(=O)c2ccccc2C2CCC2)c1. The van der Waals surface area contributed by atoms with Crippen molar-refractivity contribution < 1.29 is 4.79 Å². The van der Waals surface area contributed by atoms with Gasteiger partial charge in [-0.05, 0) is 43.7 Å². The van der Waals surface area contributed by atoms with Crippen LogP contribution >= 0.6 is 0 Å². The van der Waals surface area contributed by atoms with Gasteiger partial charge in [-0.15, -0.1) is 0 Å². The van der Waals surface area contributed by atoms with Crippen molar-refractivity contribution in [2.45, 2.75) is 45.4 Å². The Morgan fingerprint density at radius 1 is 1.05 bits per heavy atom. The summed E-state index contributed by atoms with van der Waals surface area (Å²) in [6.07, 6.45) is 4.26. The first-order chi connectivity index (χ1) is 10.1. The molecule has 0 heterocycles. The van der Waals surface area contributed by atoms with Gasteiger partial charge in [0.05, 0.1) is 0 Å². The second-order valence-corrected chi connectivity index (χ2v) is 6.31. The minimum Gasteiger partial charge on any atom is -0.294 e. The van der Waals surface area contributed by atoms with Crippen LogP contribution in [0.4, 0.5) is 0 Å². The maximum atomic E-state index is 12.7. The molecule has 0 aliphatic heterocycles. The Labute approximate surface area is 127 Å². The lowest BCUT2D eigenvalue weighted by molar-refractivity contribution is 0.0991. The Balaban J connectivity index is 1.85. The Kier molecular flexibility index (Phi) is 3.92. The molecule has 0 N–H and O–H groups in total. The largest absolute Gasteiger partial charge is 0.294 e. The van der Waals surface area contributed by atoms with E-state index in [-0.39, 0.29) is 5.78 Å². The summed E-state index contributed by atoms with van der Waals surface area (Å²) in [7, 11) is 0. The first-order valence-electron chi connectivity index (χ1n) is 7.83. The summed E-state index contributed by atoms with van der Waals surface area (Å²) in [5.74, 6) is 0.854. The Morgan fingerprint density at radius 3 is 2.33 bits per heavy atom. The minimum absolute atomic E-state index is 0.252. The van der Waals surface area contributed by atoms with Crippen molar-refractivity contribution in [2.75, 3.05) is 0 Å². The molecule has 0 bridgehead atoms. The van der Waals surface area contributed by atoms with Gasteiger partial charge in [-0.3, -0.25) is 4.79 Å². The molecule has 1 aliphatic carbocycles. The number of Topliss-reactive ketones (excluding diaryl/α,β-unsaturated/α-hetero) is 1. The van der Waals surface area contributed by atoms with Crippen molar-refractivity contribution >= 4 is 5.78 Å². The van der Waals surface area contributed by atoms with Gasteiger partial charge in [-0.2, -0.15) is 0 Å². The van der Waals surface area contributed by atoms with E-state index >= 15 is 0 Å². The highest BCUT2D eigenvalue weighted by molar-refractivity contribution is 5.99. The number of benzene rings is 2. The third-order valence-corrected chi connectivity index (χ3v) is 4.45. The number of ketones is 1. The van der Waals surface area contributed by atoms with Gasteiger partial charge in [-0.25, -0.2) is 0 Å². The van der Waals surface area contributed by atoms with E-state index in [0.717, 1.165) is 11.1 Å². The molecule has 0 spiro atoms. The molecule has 0 radical (unpaired) electrons. The van der Waals surface area contributed by atoms with Crippen LogP contribution in [-0.4, -0.2) is 5.78 Å². The summed E-state index contributed by atoms with van der Waals surface area (Å²) in [5.41, 5.74) is 5.77. The van der Waals surface area contributed by atoms with Crippen LogP contribution in [0.25, 0.3) is 0 Å². The van der Waals surface area contributed by atoms with Gasteiger partial charge in [0.2, 0.25) is 0 Å². The van der Waals surface area contributed by atoms with Gasteiger partial charge in [0, 0.05) is 12.0 Å². The molecule has 1 nitrogen and oxygen atoms in total. The number of aryl methyl sites for hydroxylation is 2. The van der Waals surface area contributed by atoms with Crippen LogP contribution < -0.4 is 0 Å². The fourth-order valence-corrected chi connectivity index (χ4v) is 3.28. The minimum atomic E-state index is 0.252. The van der Waals surface area contributed by atoms with Crippen molar-refractivity contribution in [3.8, 4) is 0 Å². The van der Waals surface area contributed by atoms with Crippen LogP contribution in [0.2, 0.25) is 0 Å². The zero-order chi connectivity index (χ0) is 14.8. The zero-order valence-electron chi connectivity index (χ0n) is 12.9. The van der Waals surface area contributed by atoms with Gasteiger partial charge in [0.15, 0.2) is 5.78 Å². The molecule has 1 saturated carbocycles. The topological polar surface area (TPSA) is 17.1 Å². The first kappa shape index (κ1) is 14.1. The second kappa shape index (κ2) is 5.85. The maximum absolute atomic E-state index is 12.7. The molecule has 2 aromatic carbocycles. The summed E-state index contributed by atoms with van der Waals surface area (Å²) in [4.78, 5) is 12.7. The van der Waals surface area contributed by atoms with Crippen molar-refractivity contribution in [2.24, 2.45) is 0 Å². The normalized spacial score (nSPS) is 14.8.